The molecule has 2 atom stereocenters. The van der Waals surface area contributed by atoms with Crippen molar-refractivity contribution in [1.82, 2.24) is 10.6 Å². The van der Waals surface area contributed by atoms with E-state index in [2.05, 4.69) is 10.6 Å². The van der Waals surface area contributed by atoms with Crippen LogP contribution in [0.4, 0.5) is 0 Å². The highest BCUT2D eigenvalue weighted by atomic mass is 16.3. The van der Waals surface area contributed by atoms with Gasteiger partial charge in [0.2, 0.25) is 11.8 Å². The normalized spacial score (nSPS) is 16.0. The summed E-state index contributed by atoms with van der Waals surface area (Å²) in [7, 11) is 0. The van der Waals surface area contributed by atoms with Crippen LogP contribution in [-0.2, 0) is 9.59 Å². The number of hydrogen-bond acceptors (Lipinski definition) is 4. The van der Waals surface area contributed by atoms with Crippen molar-refractivity contribution in [2.24, 2.45) is 5.41 Å². The Morgan fingerprint density at radius 2 is 0.977 bits per heavy atom. The van der Waals surface area contributed by atoms with E-state index in [1.165, 1.54) is 0 Å². The van der Waals surface area contributed by atoms with Crippen molar-refractivity contribution in [1.29, 1.82) is 0 Å². The molecule has 4 aromatic rings. The Kier molecular flexibility index (Phi) is 8.64. The molecule has 0 aromatic heterocycles. The van der Waals surface area contributed by atoms with E-state index in [-0.39, 0.29) is 0 Å². The van der Waals surface area contributed by atoms with Crippen molar-refractivity contribution in [3.05, 3.63) is 96.1 Å². The predicted octanol–water partition coefficient (Wildman–Crippen LogP) is 6.89. The number of fused-ring (bicyclic) bond motifs is 2. The number of carbonyl (C=O) groups is 2. The van der Waals surface area contributed by atoms with E-state index in [4.69, 9.17) is 0 Å². The van der Waals surface area contributed by atoms with Crippen molar-refractivity contribution in [2.45, 2.75) is 89.5 Å². The Labute approximate surface area is 254 Å². The predicted molar refractivity (Wildman–Crippen MR) is 172 cm³/mol. The summed E-state index contributed by atoms with van der Waals surface area (Å²) in [5.41, 5.74) is -2.02. The van der Waals surface area contributed by atoms with E-state index in [0.29, 0.717) is 38.5 Å². The van der Waals surface area contributed by atoms with E-state index in [9.17, 15) is 19.8 Å². The van der Waals surface area contributed by atoms with Crippen molar-refractivity contribution in [3.63, 3.8) is 0 Å². The van der Waals surface area contributed by atoms with Crippen LogP contribution < -0.4 is 10.6 Å². The minimum atomic E-state index is -1.27. The molecular weight excluding hydrogens is 536 g/mol. The smallest absolute Gasteiger partial charge is 0.236 e. The molecule has 4 aromatic carbocycles. The lowest BCUT2D eigenvalue weighted by molar-refractivity contribution is -0.141. The monoisotopic (exact) mass is 580 g/mol. The summed E-state index contributed by atoms with van der Waals surface area (Å²) >= 11 is 0. The van der Waals surface area contributed by atoms with Crippen LogP contribution in [0, 0.1) is 5.41 Å². The van der Waals surface area contributed by atoms with Gasteiger partial charge >= 0.3 is 0 Å². The van der Waals surface area contributed by atoms with Gasteiger partial charge in [-0.1, -0.05) is 113 Å². The van der Waals surface area contributed by atoms with Crippen molar-refractivity contribution in [3.8, 4) is 0 Å². The zero-order chi connectivity index (χ0) is 30.8. The van der Waals surface area contributed by atoms with Gasteiger partial charge in [0.25, 0.3) is 0 Å². The van der Waals surface area contributed by atoms with Gasteiger partial charge in [-0.05, 0) is 71.2 Å². The molecular formula is C37H44N2O4. The number of rotatable bonds is 12. The molecule has 6 nitrogen and oxygen atoms in total. The highest BCUT2D eigenvalue weighted by Crippen LogP contribution is 2.49. The van der Waals surface area contributed by atoms with Crippen molar-refractivity contribution >= 4 is 33.4 Å². The molecule has 1 aliphatic rings. The van der Waals surface area contributed by atoms with Gasteiger partial charge in [-0.3, -0.25) is 9.59 Å². The fourth-order valence-corrected chi connectivity index (χ4v) is 6.54. The van der Waals surface area contributed by atoms with Crippen LogP contribution in [0.1, 0.15) is 89.4 Å². The summed E-state index contributed by atoms with van der Waals surface area (Å²) in [4.78, 5) is 28.3. The zero-order valence-corrected chi connectivity index (χ0v) is 25.7. The molecule has 0 heterocycles. The number of nitrogens with one attached hydrogen (secondary N) is 2. The molecule has 1 aliphatic carbocycles. The first-order valence-electron chi connectivity index (χ1n) is 15.7. The van der Waals surface area contributed by atoms with Crippen LogP contribution in [-0.4, -0.2) is 33.2 Å². The lowest BCUT2D eigenvalue weighted by Gasteiger charge is -2.38. The fraction of sp³-hybridized carbons (Fsp3) is 0.405. The lowest BCUT2D eigenvalue weighted by Crippen LogP contribution is -2.53. The van der Waals surface area contributed by atoms with Crippen LogP contribution in [0.3, 0.4) is 0 Å². The summed E-state index contributed by atoms with van der Waals surface area (Å²) in [5.74, 6) is -0.784. The number of amides is 2. The molecule has 0 spiro atoms. The molecule has 226 valence electrons. The third-order valence-electron chi connectivity index (χ3n) is 9.96. The molecule has 43 heavy (non-hydrogen) atoms. The van der Waals surface area contributed by atoms with Gasteiger partial charge in [0.05, 0.1) is 23.3 Å². The second-order valence-electron chi connectivity index (χ2n) is 12.2. The molecule has 1 saturated carbocycles. The average Bonchev–Trinajstić information content (AvgIpc) is 3.87. The summed E-state index contributed by atoms with van der Waals surface area (Å²) in [6.45, 7) is 7.66. The van der Waals surface area contributed by atoms with Gasteiger partial charge in [-0.2, -0.15) is 0 Å². The summed E-state index contributed by atoms with van der Waals surface area (Å²) in [6, 6.07) is 26.3. The molecule has 0 saturated heterocycles. The van der Waals surface area contributed by atoms with Gasteiger partial charge < -0.3 is 20.8 Å². The van der Waals surface area contributed by atoms with Gasteiger partial charge in [0.15, 0.2) is 0 Å². The number of hydrogen-bond donors (Lipinski definition) is 4. The van der Waals surface area contributed by atoms with Gasteiger partial charge in [-0.25, -0.2) is 0 Å². The van der Waals surface area contributed by atoms with Crippen LogP contribution in [0.15, 0.2) is 84.9 Å². The van der Waals surface area contributed by atoms with Crippen LogP contribution >= 0.6 is 0 Å². The average molecular weight is 581 g/mol. The van der Waals surface area contributed by atoms with Crippen molar-refractivity contribution < 1.29 is 19.8 Å². The van der Waals surface area contributed by atoms with E-state index < -0.39 is 40.5 Å². The second kappa shape index (κ2) is 12.1. The first kappa shape index (κ1) is 30.7. The minimum Gasteiger partial charge on any atom is -0.387 e. The Balaban J connectivity index is 1.50. The zero-order valence-electron chi connectivity index (χ0n) is 25.7. The Hall–Kier alpha value is -3.74. The highest BCUT2D eigenvalue weighted by Gasteiger charge is 2.58. The molecule has 0 bridgehead atoms. The molecule has 1 fully saturated rings. The van der Waals surface area contributed by atoms with Crippen LogP contribution in [0.2, 0.25) is 0 Å². The van der Waals surface area contributed by atoms with E-state index in [0.717, 1.165) is 32.7 Å². The second-order valence-corrected chi connectivity index (χ2v) is 12.2. The lowest BCUT2D eigenvalue weighted by atomic mass is 9.81. The maximum absolute atomic E-state index is 14.1. The molecule has 0 aliphatic heterocycles. The third kappa shape index (κ3) is 5.54. The standard InChI is InChI=1S/C37H44N2O4/c1-5-36(42,6-2)31(29-21-13-17-25-15-9-11-19-27(25)29)38-33(40)35(23-24-35)34(41)39-32(37(43,7-3)8-4)30-22-14-18-26-16-10-12-20-28(26)30/h9-22,31-32,42-43H,5-8,23-24H2,1-4H3,(H,38,40)(H,39,41)/t31-,32-/m0/s1. The fourth-order valence-electron chi connectivity index (χ4n) is 6.54. The highest BCUT2D eigenvalue weighted by molar-refractivity contribution is 6.08. The molecule has 6 heteroatoms. The maximum Gasteiger partial charge on any atom is 0.236 e. The summed E-state index contributed by atoms with van der Waals surface area (Å²) in [5, 5.41) is 33.8. The maximum atomic E-state index is 14.1. The summed E-state index contributed by atoms with van der Waals surface area (Å²) in [6.07, 6.45) is 2.53. The van der Waals surface area contributed by atoms with E-state index in [1.807, 2.05) is 113 Å². The van der Waals surface area contributed by atoms with Crippen LogP contribution in [0.5, 0.6) is 0 Å². The largest absolute Gasteiger partial charge is 0.387 e. The van der Waals surface area contributed by atoms with Crippen LogP contribution in [0.25, 0.3) is 21.5 Å². The first-order valence-corrected chi connectivity index (χ1v) is 15.7. The quantitative estimate of drug-likeness (QED) is 0.137. The minimum absolute atomic E-state index is 0.392. The SMILES string of the molecule is CCC(O)(CC)[C@@H](NC(=O)C1(C(=O)N[C@@H](c2cccc3ccccc23)C(O)(CC)CC)CC1)c1cccc2ccccc12. The van der Waals surface area contributed by atoms with Gasteiger partial charge in [0.1, 0.15) is 5.41 Å². The third-order valence-corrected chi connectivity index (χ3v) is 9.96. The molecule has 0 unspecified atom stereocenters. The number of benzene rings is 4. The molecule has 4 N–H and O–H groups in total. The topological polar surface area (TPSA) is 98.7 Å². The molecule has 2 amide bonds. The number of aliphatic hydroxyl groups is 2. The Morgan fingerprint density at radius 1 is 0.628 bits per heavy atom. The van der Waals surface area contributed by atoms with Crippen molar-refractivity contribution in [2.75, 3.05) is 0 Å². The Bertz CT molecular complexity index is 1490. The van der Waals surface area contributed by atoms with E-state index in [1.54, 1.807) is 0 Å². The summed E-state index contributed by atoms with van der Waals surface area (Å²) < 4.78 is 0. The Morgan fingerprint density at radius 3 is 1.33 bits per heavy atom. The molecule has 0 radical (unpaired) electrons. The molecule has 5 rings (SSSR count). The number of carbonyl (C=O) groups excluding carboxylic acids is 2. The first-order chi connectivity index (χ1) is 20.7. The van der Waals surface area contributed by atoms with Gasteiger partial charge in [-0.15, -0.1) is 0 Å². The van der Waals surface area contributed by atoms with E-state index >= 15 is 0 Å². The van der Waals surface area contributed by atoms with Gasteiger partial charge in [0, 0.05) is 0 Å².